The van der Waals surface area contributed by atoms with Gasteiger partial charge in [-0.3, -0.25) is 20.8 Å². The number of hydrogen-bond donors (Lipinski definition) is 1. The number of nitro groups is 1. The number of rotatable bonds is 4. The van der Waals surface area contributed by atoms with E-state index in [1.54, 1.807) is 6.07 Å². The summed E-state index contributed by atoms with van der Waals surface area (Å²) < 4.78 is 9.67. The number of aromatic nitrogens is 1. The van der Waals surface area contributed by atoms with Gasteiger partial charge in [-0.2, -0.15) is 0 Å². The minimum absolute atomic E-state index is 0.105. The van der Waals surface area contributed by atoms with Crippen molar-refractivity contribution in [3.05, 3.63) is 40.6 Å². The lowest BCUT2D eigenvalue weighted by molar-refractivity contribution is -0.383. The van der Waals surface area contributed by atoms with Crippen molar-refractivity contribution in [2.75, 3.05) is 7.11 Å². The molecule has 0 aliphatic rings. The first-order valence-corrected chi connectivity index (χ1v) is 5.56. The first kappa shape index (κ1) is 13.7. The molecule has 1 atom stereocenters. The number of nitrogens with two attached hydrogens (primary N) is 1. The Bertz CT molecular complexity index is 673. The highest BCUT2D eigenvalue weighted by Gasteiger charge is 2.20. The van der Waals surface area contributed by atoms with Gasteiger partial charge in [-0.1, -0.05) is 0 Å². The van der Waals surface area contributed by atoms with Crippen LogP contribution in [0.3, 0.4) is 0 Å². The predicted octanol–water partition coefficient (Wildman–Crippen LogP) is 0.980. The topological polar surface area (TPSA) is 118 Å². The van der Waals surface area contributed by atoms with Gasteiger partial charge in [-0.15, -0.1) is 0 Å². The summed E-state index contributed by atoms with van der Waals surface area (Å²) in [5.74, 6) is -0.587. The van der Waals surface area contributed by atoms with Crippen LogP contribution in [-0.4, -0.2) is 29.2 Å². The molecule has 1 aromatic heterocycles. The number of fused-ring (bicyclic) bond motifs is 1. The van der Waals surface area contributed by atoms with Crippen LogP contribution in [0.2, 0.25) is 0 Å². The molecule has 2 aromatic rings. The van der Waals surface area contributed by atoms with E-state index in [1.807, 2.05) is 0 Å². The highest BCUT2D eigenvalue weighted by Crippen LogP contribution is 2.31. The second-order valence-electron chi connectivity index (χ2n) is 3.80. The number of hydrogen-bond acceptors (Lipinski definition) is 7. The standard InChI is InChI=1S/C12H11N3O5/c1-19-12(16)11(13)20-9-5-4-8(15(17)18)7-3-2-6-14-10(7)9/h2-6,11H,13H2,1H3. The van der Waals surface area contributed by atoms with E-state index in [1.165, 1.54) is 31.5 Å². The SMILES string of the molecule is COC(=O)C(N)Oc1ccc([N+](=O)[O-])c2cccnc12. The van der Waals surface area contributed by atoms with Crippen molar-refractivity contribution in [3.8, 4) is 5.75 Å². The summed E-state index contributed by atoms with van der Waals surface area (Å²) in [6.45, 7) is 0. The summed E-state index contributed by atoms with van der Waals surface area (Å²) in [4.78, 5) is 25.7. The van der Waals surface area contributed by atoms with E-state index in [2.05, 4.69) is 9.72 Å². The van der Waals surface area contributed by atoms with Crippen LogP contribution >= 0.6 is 0 Å². The number of methoxy groups -OCH3 is 1. The molecule has 0 amide bonds. The Morgan fingerprint density at radius 3 is 2.85 bits per heavy atom. The van der Waals surface area contributed by atoms with Gasteiger partial charge in [0.25, 0.3) is 5.69 Å². The lowest BCUT2D eigenvalue weighted by Gasteiger charge is -2.13. The van der Waals surface area contributed by atoms with Gasteiger partial charge < -0.3 is 9.47 Å². The zero-order valence-corrected chi connectivity index (χ0v) is 10.5. The molecule has 1 aromatic carbocycles. The average Bonchev–Trinajstić information content (AvgIpc) is 2.46. The second kappa shape index (κ2) is 5.49. The molecule has 8 heteroatoms. The molecule has 20 heavy (non-hydrogen) atoms. The number of benzene rings is 1. The number of esters is 1. The number of ether oxygens (including phenoxy) is 2. The highest BCUT2D eigenvalue weighted by molar-refractivity contribution is 5.92. The van der Waals surface area contributed by atoms with Gasteiger partial charge in [-0.05, 0) is 18.2 Å². The summed E-state index contributed by atoms with van der Waals surface area (Å²) in [7, 11) is 1.18. The maximum Gasteiger partial charge on any atom is 0.362 e. The molecule has 0 saturated heterocycles. The van der Waals surface area contributed by atoms with Crippen LogP contribution in [0.1, 0.15) is 0 Å². The molecule has 0 radical (unpaired) electrons. The van der Waals surface area contributed by atoms with Crippen molar-refractivity contribution >= 4 is 22.6 Å². The summed E-state index contributed by atoms with van der Waals surface area (Å²) in [6.07, 6.45) is 0.134. The summed E-state index contributed by atoms with van der Waals surface area (Å²) in [5, 5.41) is 11.2. The number of carbonyl (C=O) groups is 1. The van der Waals surface area contributed by atoms with E-state index >= 15 is 0 Å². The van der Waals surface area contributed by atoms with Crippen molar-refractivity contribution in [1.82, 2.24) is 4.98 Å². The minimum Gasteiger partial charge on any atom is -0.465 e. The Hall–Kier alpha value is -2.74. The number of nitro benzene ring substituents is 1. The van der Waals surface area contributed by atoms with E-state index in [4.69, 9.17) is 10.5 Å². The van der Waals surface area contributed by atoms with Crippen LogP contribution < -0.4 is 10.5 Å². The zero-order valence-electron chi connectivity index (χ0n) is 10.5. The van der Waals surface area contributed by atoms with E-state index in [9.17, 15) is 14.9 Å². The van der Waals surface area contributed by atoms with Gasteiger partial charge in [-0.25, -0.2) is 4.79 Å². The third-order valence-corrected chi connectivity index (χ3v) is 2.59. The van der Waals surface area contributed by atoms with Crippen molar-refractivity contribution in [3.63, 3.8) is 0 Å². The molecule has 2 N–H and O–H groups in total. The van der Waals surface area contributed by atoms with Crippen LogP contribution in [0.5, 0.6) is 5.75 Å². The lowest BCUT2D eigenvalue weighted by Crippen LogP contribution is -2.37. The van der Waals surface area contributed by atoms with E-state index in [0.717, 1.165) is 0 Å². The van der Waals surface area contributed by atoms with Crippen molar-refractivity contribution in [1.29, 1.82) is 0 Å². The van der Waals surface area contributed by atoms with Crippen LogP contribution in [0, 0.1) is 10.1 Å². The van der Waals surface area contributed by atoms with Crippen molar-refractivity contribution in [2.45, 2.75) is 6.23 Å². The molecule has 1 heterocycles. The Morgan fingerprint density at radius 2 is 2.20 bits per heavy atom. The van der Waals surface area contributed by atoms with Gasteiger partial charge in [0.1, 0.15) is 11.3 Å². The van der Waals surface area contributed by atoms with Crippen LogP contribution in [0.15, 0.2) is 30.5 Å². The van der Waals surface area contributed by atoms with Gasteiger partial charge in [0.15, 0.2) is 0 Å². The number of pyridine rings is 1. The molecule has 0 saturated carbocycles. The molecular formula is C12H11N3O5. The maximum absolute atomic E-state index is 11.2. The fourth-order valence-electron chi connectivity index (χ4n) is 1.69. The fraction of sp³-hybridized carbons (Fsp3) is 0.167. The third kappa shape index (κ3) is 2.50. The number of carbonyl (C=O) groups excluding carboxylic acids is 1. The molecule has 0 aliphatic heterocycles. The number of nitrogens with zero attached hydrogens (tertiary/aromatic N) is 2. The first-order chi connectivity index (χ1) is 9.54. The van der Waals surface area contributed by atoms with Gasteiger partial charge >= 0.3 is 5.97 Å². The monoisotopic (exact) mass is 277 g/mol. The summed E-state index contributed by atoms with van der Waals surface area (Å²) in [5.41, 5.74) is 5.64. The van der Waals surface area contributed by atoms with Gasteiger partial charge in [0, 0.05) is 12.3 Å². The van der Waals surface area contributed by atoms with Crippen molar-refractivity contribution < 1.29 is 19.2 Å². The molecule has 0 bridgehead atoms. The zero-order chi connectivity index (χ0) is 14.7. The largest absolute Gasteiger partial charge is 0.465 e. The molecular weight excluding hydrogens is 266 g/mol. The molecule has 104 valence electrons. The van der Waals surface area contributed by atoms with Crippen LogP contribution in [-0.2, 0) is 9.53 Å². The molecule has 0 aliphatic carbocycles. The molecule has 8 nitrogen and oxygen atoms in total. The third-order valence-electron chi connectivity index (χ3n) is 2.59. The molecule has 2 rings (SSSR count). The minimum atomic E-state index is -1.33. The normalized spacial score (nSPS) is 11.9. The Kier molecular flexibility index (Phi) is 3.76. The maximum atomic E-state index is 11.2. The van der Waals surface area contributed by atoms with Crippen LogP contribution in [0.25, 0.3) is 10.9 Å². The van der Waals surface area contributed by atoms with E-state index in [-0.39, 0.29) is 17.0 Å². The Labute approximate surface area is 113 Å². The second-order valence-corrected chi connectivity index (χ2v) is 3.80. The molecule has 0 spiro atoms. The van der Waals surface area contributed by atoms with Crippen LogP contribution in [0.4, 0.5) is 5.69 Å². The quantitative estimate of drug-likeness (QED) is 0.383. The molecule has 1 unspecified atom stereocenters. The van der Waals surface area contributed by atoms with Gasteiger partial charge in [0.05, 0.1) is 17.4 Å². The predicted molar refractivity (Wildman–Crippen MR) is 69.0 cm³/mol. The van der Waals surface area contributed by atoms with Gasteiger partial charge in [0.2, 0.25) is 6.23 Å². The smallest absolute Gasteiger partial charge is 0.362 e. The van der Waals surface area contributed by atoms with Crippen molar-refractivity contribution in [2.24, 2.45) is 5.73 Å². The van der Waals surface area contributed by atoms with E-state index < -0.39 is 17.1 Å². The summed E-state index contributed by atoms with van der Waals surface area (Å²) >= 11 is 0. The fourth-order valence-corrected chi connectivity index (χ4v) is 1.69. The first-order valence-electron chi connectivity index (χ1n) is 5.56. The highest BCUT2D eigenvalue weighted by atomic mass is 16.6. The Morgan fingerprint density at radius 1 is 1.45 bits per heavy atom. The lowest BCUT2D eigenvalue weighted by atomic mass is 10.1. The summed E-state index contributed by atoms with van der Waals surface area (Å²) in [6, 6.07) is 5.72. The molecule has 0 fully saturated rings. The Balaban J connectivity index is 2.48. The average molecular weight is 277 g/mol. The van der Waals surface area contributed by atoms with E-state index in [0.29, 0.717) is 5.39 Å². The number of non-ortho nitro benzene ring substituents is 1.